The zero-order valence-corrected chi connectivity index (χ0v) is 14.6. The fourth-order valence-corrected chi connectivity index (χ4v) is 2.87. The Hall–Kier alpha value is -2.99. The first-order chi connectivity index (χ1) is 12.6. The van der Waals surface area contributed by atoms with Gasteiger partial charge in [-0.25, -0.2) is 14.4 Å². The molecular formula is C19H14ClFN4O. The highest BCUT2D eigenvalue weighted by Gasteiger charge is 2.12. The quantitative estimate of drug-likeness (QED) is 0.503. The molecule has 0 amide bonds. The third-order valence-corrected chi connectivity index (χ3v) is 4.24. The minimum Gasteiger partial charge on any atom is -0.497 e. The molecule has 0 spiro atoms. The topological polar surface area (TPSA) is 52.8 Å². The molecular weight excluding hydrogens is 355 g/mol. The molecule has 5 nitrogen and oxygen atoms in total. The van der Waals surface area contributed by atoms with E-state index in [1.165, 1.54) is 12.1 Å². The Balaban J connectivity index is 1.67. The van der Waals surface area contributed by atoms with E-state index in [0.717, 1.165) is 11.3 Å². The third kappa shape index (κ3) is 3.23. The molecule has 7 heteroatoms. The Bertz CT molecular complexity index is 1060. The van der Waals surface area contributed by atoms with Crippen molar-refractivity contribution in [2.75, 3.05) is 7.11 Å². The van der Waals surface area contributed by atoms with E-state index in [0.29, 0.717) is 29.0 Å². The lowest BCUT2D eigenvalue weighted by Gasteiger charge is -2.03. The van der Waals surface area contributed by atoms with Crippen LogP contribution in [0, 0.1) is 5.82 Å². The van der Waals surface area contributed by atoms with Crippen LogP contribution in [0.4, 0.5) is 4.39 Å². The largest absolute Gasteiger partial charge is 0.497 e. The Morgan fingerprint density at radius 2 is 1.77 bits per heavy atom. The van der Waals surface area contributed by atoms with Crippen molar-refractivity contribution < 1.29 is 9.13 Å². The van der Waals surface area contributed by atoms with E-state index in [4.69, 9.17) is 16.3 Å². The van der Waals surface area contributed by atoms with Crippen LogP contribution in [-0.2, 0) is 6.54 Å². The summed E-state index contributed by atoms with van der Waals surface area (Å²) >= 11 is 6.28. The van der Waals surface area contributed by atoms with E-state index in [-0.39, 0.29) is 11.0 Å². The van der Waals surface area contributed by atoms with E-state index >= 15 is 0 Å². The number of fused-ring (bicyclic) bond motifs is 1. The lowest BCUT2D eigenvalue weighted by Crippen LogP contribution is -1.99. The predicted octanol–water partition coefficient (Wildman–Crippen LogP) is 4.34. The second kappa shape index (κ2) is 6.72. The highest BCUT2D eigenvalue weighted by atomic mass is 35.5. The van der Waals surface area contributed by atoms with Crippen LogP contribution < -0.4 is 4.74 Å². The van der Waals surface area contributed by atoms with Gasteiger partial charge in [0, 0.05) is 5.56 Å². The molecule has 2 heterocycles. The average Bonchev–Trinajstić information content (AvgIpc) is 3.06. The van der Waals surface area contributed by atoms with Crippen molar-refractivity contribution in [3.63, 3.8) is 0 Å². The fraction of sp³-hybridized carbons (Fsp3) is 0.105. The van der Waals surface area contributed by atoms with E-state index in [1.807, 2.05) is 30.5 Å². The summed E-state index contributed by atoms with van der Waals surface area (Å²) in [6.45, 7) is 0.572. The molecule has 0 unspecified atom stereocenters. The molecule has 0 aliphatic heterocycles. The van der Waals surface area contributed by atoms with Crippen molar-refractivity contribution >= 4 is 22.6 Å². The van der Waals surface area contributed by atoms with E-state index in [1.54, 1.807) is 23.9 Å². The van der Waals surface area contributed by atoms with Gasteiger partial charge in [0.2, 0.25) is 0 Å². The maximum Gasteiger partial charge on any atom is 0.161 e. The summed E-state index contributed by atoms with van der Waals surface area (Å²) in [6.07, 6.45) is 1.82. The molecule has 0 saturated carbocycles. The van der Waals surface area contributed by atoms with Gasteiger partial charge in [0.1, 0.15) is 22.6 Å². The van der Waals surface area contributed by atoms with Gasteiger partial charge < -0.3 is 4.74 Å². The van der Waals surface area contributed by atoms with E-state index < -0.39 is 0 Å². The second-order valence-corrected chi connectivity index (χ2v) is 6.11. The number of rotatable bonds is 4. The molecule has 0 aliphatic rings. The molecule has 26 heavy (non-hydrogen) atoms. The standard InChI is InChI=1S/C19H14ClFN4O/c1-26-15-8-2-12(3-9-15)10-25-11-16-17(24-25)18(20)23-19(22-16)13-4-6-14(21)7-5-13/h2-9,11H,10H2,1H3. The van der Waals surface area contributed by atoms with Crippen molar-refractivity contribution in [1.29, 1.82) is 0 Å². The molecule has 0 radical (unpaired) electrons. The van der Waals surface area contributed by atoms with Crippen molar-refractivity contribution in [3.8, 4) is 17.1 Å². The number of ether oxygens (including phenoxy) is 1. The van der Waals surface area contributed by atoms with Gasteiger partial charge in [0.25, 0.3) is 0 Å². The van der Waals surface area contributed by atoms with Crippen LogP contribution in [-0.4, -0.2) is 26.9 Å². The summed E-state index contributed by atoms with van der Waals surface area (Å²) < 4.78 is 20.0. The maximum atomic E-state index is 13.1. The third-order valence-electron chi connectivity index (χ3n) is 3.97. The van der Waals surface area contributed by atoms with Gasteiger partial charge in [0.05, 0.1) is 19.9 Å². The van der Waals surface area contributed by atoms with Crippen LogP contribution in [0.1, 0.15) is 5.56 Å². The number of nitrogens with zero attached hydrogens (tertiary/aromatic N) is 4. The van der Waals surface area contributed by atoms with Gasteiger partial charge >= 0.3 is 0 Å². The fourth-order valence-electron chi connectivity index (χ4n) is 2.65. The Morgan fingerprint density at radius 1 is 1.04 bits per heavy atom. The predicted molar refractivity (Wildman–Crippen MR) is 97.8 cm³/mol. The van der Waals surface area contributed by atoms with Crippen LogP contribution in [0.25, 0.3) is 22.4 Å². The summed E-state index contributed by atoms with van der Waals surface area (Å²) in [5, 5.41) is 4.73. The molecule has 4 rings (SSSR count). The minimum atomic E-state index is -0.312. The zero-order valence-electron chi connectivity index (χ0n) is 13.9. The lowest BCUT2D eigenvalue weighted by atomic mass is 10.2. The molecule has 2 aromatic heterocycles. The van der Waals surface area contributed by atoms with Crippen LogP contribution in [0.5, 0.6) is 5.75 Å². The van der Waals surface area contributed by atoms with E-state index in [9.17, 15) is 4.39 Å². The van der Waals surface area contributed by atoms with E-state index in [2.05, 4.69) is 15.1 Å². The molecule has 0 N–H and O–H groups in total. The molecule has 0 fully saturated rings. The molecule has 4 aromatic rings. The Kier molecular flexibility index (Phi) is 4.26. The first-order valence-electron chi connectivity index (χ1n) is 7.92. The normalized spacial score (nSPS) is 11.0. The van der Waals surface area contributed by atoms with Crippen LogP contribution in [0.15, 0.2) is 54.7 Å². The number of methoxy groups -OCH3 is 1. The van der Waals surface area contributed by atoms with Gasteiger partial charge in [-0.3, -0.25) is 4.68 Å². The van der Waals surface area contributed by atoms with Gasteiger partial charge in [-0.2, -0.15) is 5.10 Å². The monoisotopic (exact) mass is 368 g/mol. The van der Waals surface area contributed by atoms with Crippen LogP contribution in [0.2, 0.25) is 5.15 Å². The Labute approximate surface area is 154 Å². The molecule has 0 aliphatic carbocycles. The summed E-state index contributed by atoms with van der Waals surface area (Å²) in [5.74, 6) is 0.928. The second-order valence-electron chi connectivity index (χ2n) is 5.75. The maximum absolute atomic E-state index is 13.1. The zero-order chi connectivity index (χ0) is 18.1. The summed E-state index contributed by atoms with van der Waals surface area (Å²) in [5.41, 5.74) is 2.93. The van der Waals surface area contributed by atoms with Gasteiger partial charge in [-0.05, 0) is 42.0 Å². The average molecular weight is 369 g/mol. The summed E-state index contributed by atoms with van der Waals surface area (Å²) in [4.78, 5) is 8.79. The first-order valence-corrected chi connectivity index (χ1v) is 8.30. The molecule has 2 aromatic carbocycles. The Morgan fingerprint density at radius 3 is 2.46 bits per heavy atom. The number of hydrogen-bond donors (Lipinski definition) is 0. The SMILES string of the molecule is COc1ccc(Cn2cc3nc(-c4ccc(F)cc4)nc(Cl)c3n2)cc1. The lowest BCUT2D eigenvalue weighted by molar-refractivity contribution is 0.414. The molecule has 0 bridgehead atoms. The number of aromatic nitrogens is 4. The number of halogens is 2. The van der Waals surface area contributed by atoms with Crippen molar-refractivity contribution in [2.24, 2.45) is 0 Å². The molecule has 0 atom stereocenters. The van der Waals surface area contributed by atoms with Crippen molar-refractivity contribution in [3.05, 3.63) is 71.3 Å². The minimum absolute atomic E-state index is 0.266. The molecule has 130 valence electrons. The smallest absolute Gasteiger partial charge is 0.161 e. The highest BCUT2D eigenvalue weighted by Crippen LogP contribution is 2.24. The highest BCUT2D eigenvalue weighted by molar-refractivity contribution is 6.33. The molecule has 0 saturated heterocycles. The first kappa shape index (κ1) is 16.5. The van der Waals surface area contributed by atoms with Crippen LogP contribution in [0.3, 0.4) is 0 Å². The van der Waals surface area contributed by atoms with Gasteiger partial charge in [0.15, 0.2) is 11.0 Å². The van der Waals surface area contributed by atoms with Gasteiger partial charge in [-0.15, -0.1) is 0 Å². The number of benzene rings is 2. The van der Waals surface area contributed by atoms with Gasteiger partial charge in [-0.1, -0.05) is 23.7 Å². The van der Waals surface area contributed by atoms with Crippen molar-refractivity contribution in [2.45, 2.75) is 6.54 Å². The number of hydrogen-bond acceptors (Lipinski definition) is 4. The van der Waals surface area contributed by atoms with Crippen molar-refractivity contribution in [1.82, 2.24) is 19.7 Å². The van der Waals surface area contributed by atoms with Crippen LogP contribution >= 0.6 is 11.6 Å². The summed E-state index contributed by atoms with van der Waals surface area (Å²) in [7, 11) is 1.63. The summed E-state index contributed by atoms with van der Waals surface area (Å²) in [6, 6.07) is 13.7.